The molecule has 49 heavy (non-hydrogen) atoms. The van der Waals surface area contributed by atoms with Crippen molar-refractivity contribution in [3.63, 3.8) is 0 Å². The summed E-state index contributed by atoms with van der Waals surface area (Å²) in [6.07, 6.45) is 2.66. The summed E-state index contributed by atoms with van der Waals surface area (Å²) in [6.45, 7) is 0. The maximum Gasteiger partial charge on any atom is 0.214 e. The van der Waals surface area contributed by atoms with Gasteiger partial charge in [-0.2, -0.15) is 0 Å². The maximum absolute atomic E-state index is 14.3. The SMILES string of the molecule is O=c1c(Br)cn(-c2ccccc2Cl)c(-c2c(F)cc(F)cc2F)c1Cl.O=c1cc(-c2c(F)cc(F)cc2F)n(-c2ccccc2Cl)cc1Br. The van der Waals surface area contributed by atoms with Crippen LogP contribution in [0.5, 0.6) is 0 Å². The minimum absolute atomic E-state index is 0.0732. The van der Waals surface area contributed by atoms with Gasteiger partial charge >= 0.3 is 0 Å². The summed E-state index contributed by atoms with van der Waals surface area (Å²) in [5.74, 6) is -6.75. The van der Waals surface area contributed by atoms with E-state index in [-0.39, 0.29) is 25.4 Å². The molecule has 2 aromatic heterocycles. The smallest absolute Gasteiger partial charge is 0.214 e. The molecule has 0 unspecified atom stereocenters. The van der Waals surface area contributed by atoms with E-state index >= 15 is 0 Å². The lowest BCUT2D eigenvalue weighted by Crippen LogP contribution is -2.13. The molecule has 0 fully saturated rings. The van der Waals surface area contributed by atoms with Crippen molar-refractivity contribution in [1.82, 2.24) is 9.13 Å². The molecule has 0 aliphatic rings. The Labute approximate surface area is 305 Å². The molecule has 15 heteroatoms. The number of nitrogens with zero attached hydrogens (tertiary/aromatic N) is 2. The summed E-state index contributed by atoms with van der Waals surface area (Å²) in [6, 6.07) is 16.3. The van der Waals surface area contributed by atoms with Crippen LogP contribution in [0.4, 0.5) is 26.3 Å². The van der Waals surface area contributed by atoms with Crippen LogP contribution >= 0.6 is 66.7 Å². The normalized spacial score (nSPS) is 10.9. The minimum atomic E-state index is -1.19. The Balaban J connectivity index is 0.000000191. The quantitative estimate of drug-likeness (QED) is 0.166. The summed E-state index contributed by atoms with van der Waals surface area (Å²) in [5.41, 5.74) is -1.87. The van der Waals surface area contributed by atoms with Gasteiger partial charge in [0.25, 0.3) is 0 Å². The lowest BCUT2D eigenvalue weighted by Gasteiger charge is -2.18. The number of para-hydroxylation sites is 2. The van der Waals surface area contributed by atoms with E-state index < -0.39 is 61.9 Å². The molecule has 0 aliphatic heterocycles. The number of halogens is 11. The molecule has 6 aromatic rings. The van der Waals surface area contributed by atoms with Gasteiger partial charge in [-0.1, -0.05) is 59.1 Å². The molecule has 2 heterocycles. The van der Waals surface area contributed by atoms with Crippen molar-refractivity contribution in [3.05, 3.63) is 171 Å². The highest BCUT2D eigenvalue weighted by molar-refractivity contribution is 9.10. The number of hydrogen-bond donors (Lipinski definition) is 0. The fourth-order valence-electron chi connectivity index (χ4n) is 4.73. The highest BCUT2D eigenvalue weighted by Gasteiger charge is 2.24. The van der Waals surface area contributed by atoms with Crippen molar-refractivity contribution >= 4 is 66.7 Å². The molecule has 0 atom stereocenters. The molecular weight excluding hydrogens is 849 g/mol. The molecule has 0 radical (unpaired) electrons. The standard InChI is InChI=1S/C17H7BrCl2F3NO.C17H8BrClF3NO/c18-9-7-24(13-4-2-1-3-10(13)19)16(15(20)17(9)25)14-11(22)5-8(21)6-12(14)23;18-10-8-23(14-4-2-1-3-11(14)19)15(7-16(10)24)17-12(21)5-9(20)6-13(17)22/h1-7H;1-8H. The summed E-state index contributed by atoms with van der Waals surface area (Å²) in [4.78, 5) is 24.1. The molecule has 0 N–H and O–H groups in total. The molecule has 6 rings (SSSR count). The predicted octanol–water partition coefficient (Wildman–Crippen LogP) is 11.3. The van der Waals surface area contributed by atoms with Crippen molar-refractivity contribution in [2.75, 3.05) is 0 Å². The summed E-state index contributed by atoms with van der Waals surface area (Å²) in [7, 11) is 0. The molecular formula is C34H15Br2Cl3F6N2O2. The Bertz CT molecular complexity index is 2340. The van der Waals surface area contributed by atoms with Crippen LogP contribution in [0.15, 0.2) is 110 Å². The molecule has 250 valence electrons. The monoisotopic (exact) mass is 860 g/mol. The molecule has 0 aliphatic carbocycles. The largest absolute Gasteiger partial charge is 0.313 e. The Morgan fingerprint density at radius 2 is 0.980 bits per heavy atom. The average Bonchev–Trinajstić information content (AvgIpc) is 3.02. The molecule has 4 nitrogen and oxygen atoms in total. The van der Waals surface area contributed by atoms with Gasteiger partial charge in [-0.25, -0.2) is 26.3 Å². The van der Waals surface area contributed by atoms with Gasteiger partial charge < -0.3 is 9.13 Å². The lowest BCUT2D eigenvalue weighted by atomic mass is 10.1. The van der Waals surface area contributed by atoms with E-state index in [4.69, 9.17) is 34.8 Å². The summed E-state index contributed by atoms with van der Waals surface area (Å²) < 4.78 is 86.3. The first-order valence-corrected chi connectivity index (χ1v) is 16.2. The first-order valence-electron chi connectivity index (χ1n) is 13.5. The fraction of sp³-hybridized carbons (Fsp3) is 0. The van der Waals surface area contributed by atoms with E-state index in [1.165, 1.54) is 21.5 Å². The van der Waals surface area contributed by atoms with Crippen molar-refractivity contribution in [2.24, 2.45) is 0 Å². The lowest BCUT2D eigenvalue weighted by molar-refractivity contribution is 0.545. The molecule has 0 saturated carbocycles. The second kappa shape index (κ2) is 15.0. The van der Waals surface area contributed by atoms with Gasteiger partial charge in [0.1, 0.15) is 39.9 Å². The van der Waals surface area contributed by atoms with Crippen molar-refractivity contribution in [2.45, 2.75) is 0 Å². The van der Waals surface area contributed by atoms with Gasteiger partial charge in [0, 0.05) is 42.7 Å². The van der Waals surface area contributed by atoms with Gasteiger partial charge in [-0.3, -0.25) is 9.59 Å². The number of hydrogen-bond acceptors (Lipinski definition) is 2. The number of rotatable bonds is 4. The van der Waals surface area contributed by atoms with Crippen LogP contribution < -0.4 is 10.9 Å². The van der Waals surface area contributed by atoms with Crippen LogP contribution in [-0.4, -0.2) is 9.13 Å². The van der Waals surface area contributed by atoms with E-state index in [0.29, 0.717) is 40.7 Å². The van der Waals surface area contributed by atoms with Crippen LogP contribution in [0.2, 0.25) is 15.1 Å². The maximum atomic E-state index is 14.3. The van der Waals surface area contributed by atoms with Crippen LogP contribution in [0, 0.1) is 34.9 Å². The summed E-state index contributed by atoms with van der Waals surface area (Å²) in [5, 5.41) is 0.147. The van der Waals surface area contributed by atoms with Crippen molar-refractivity contribution < 1.29 is 26.3 Å². The molecule has 0 spiro atoms. The van der Waals surface area contributed by atoms with Gasteiger partial charge in [0.2, 0.25) is 5.43 Å². The Morgan fingerprint density at radius 3 is 1.47 bits per heavy atom. The first kappa shape index (κ1) is 36.5. The van der Waals surface area contributed by atoms with Crippen LogP contribution in [0.3, 0.4) is 0 Å². The fourth-order valence-corrected chi connectivity index (χ4v) is 6.30. The molecule has 4 aromatic carbocycles. The highest BCUT2D eigenvalue weighted by Crippen LogP contribution is 2.36. The second-order valence-corrected chi connectivity index (χ2v) is 12.9. The van der Waals surface area contributed by atoms with Crippen molar-refractivity contribution in [1.29, 1.82) is 0 Å². The van der Waals surface area contributed by atoms with E-state index in [9.17, 15) is 35.9 Å². The second-order valence-electron chi connectivity index (χ2n) is 9.97. The van der Waals surface area contributed by atoms with Gasteiger partial charge in [-0.15, -0.1) is 0 Å². The number of pyridine rings is 2. The Morgan fingerprint density at radius 1 is 0.551 bits per heavy atom. The third kappa shape index (κ3) is 7.53. The van der Waals surface area contributed by atoms with E-state index in [0.717, 1.165) is 6.07 Å². The molecule has 0 amide bonds. The van der Waals surface area contributed by atoms with Gasteiger partial charge in [0.15, 0.2) is 5.43 Å². The van der Waals surface area contributed by atoms with Crippen LogP contribution in [0.25, 0.3) is 33.9 Å². The zero-order valence-corrected chi connectivity index (χ0v) is 29.5. The topological polar surface area (TPSA) is 44.0 Å². The van der Waals surface area contributed by atoms with E-state index in [1.54, 1.807) is 48.5 Å². The Hall–Kier alpha value is -3.81. The van der Waals surface area contributed by atoms with Crippen LogP contribution in [-0.2, 0) is 0 Å². The molecule has 0 saturated heterocycles. The molecule has 0 bridgehead atoms. The highest BCUT2D eigenvalue weighted by atomic mass is 79.9. The number of aromatic nitrogens is 2. The van der Waals surface area contributed by atoms with E-state index in [2.05, 4.69) is 31.9 Å². The number of benzene rings is 4. The average molecular weight is 864 g/mol. The predicted molar refractivity (Wildman–Crippen MR) is 185 cm³/mol. The minimum Gasteiger partial charge on any atom is -0.313 e. The van der Waals surface area contributed by atoms with Gasteiger partial charge in [0.05, 0.1) is 52.9 Å². The van der Waals surface area contributed by atoms with E-state index in [1.807, 2.05) is 0 Å². The van der Waals surface area contributed by atoms with Crippen molar-refractivity contribution in [3.8, 4) is 33.9 Å². The summed E-state index contributed by atoms with van der Waals surface area (Å²) >= 11 is 24.6. The first-order chi connectivity index (χ1) is 23.2. The van der Waals surface area contributed by atoms with Gasteiger partial charge in [-0.05, 0) is 56.1 Å². The Kier molecular flexibility index (Phi) is 11.1. The third-order valence-electron chi connectivity index (χ3n) is 6.84. The third-order valence-corrected chi connectivity index (χ3v) is 8.99. The zero-order valence-electron chi connectivity index (χ0n) is 24.0. The zero-order chi connectivity index (χ0) is 35.7. The van der Waals surface area contributed by atoms with Crippen LogP contribution in [0.1, 0.15) is 0 Å².